The molecule has 0 aliphatic carbocycles. The van der Waals surface area contributed by atoms with Gasteiger partial charge in [-0.2, -0.15) is 0 Å². The van der Waals surface area contributed by atoms with Crippen molar-refractivity contribution < 1.29 is 38.7 Å². The summed E-state index contributed by atoms with van der Waals surface area (Å²) in [4.78, 5) is 0. The normalized spacial score (nSPS) is 10.9. The lowest BCUT2D eigenvalue weighted by Crippen LogP contribution is -3.00. The second-order valence-corrected chi connectivity index (χ2v) is 4.59. The zero-order valence-electron chi connectivity index (χ0n) is 9.37. The summed E-state index contributed by atoms with van der Waals surface area (Å²) < 4.78 is 0.891. The lowest BCUT2D eigenvalue weighted by molar-refractivity contribution is -0.870. The van der Waals surface area contributed by atoms with E-state index in [0.717, 1.165) is 23.0 Å². The first kappa shape index (κ1) is 14.5. The molecule has 86 valence electrons. The summed E-state index contributed by atoms with van der Waals surface area (Å²) in [5.74, 6) is -0.0945. The van der Waals surface area contributed by atoms with Crippen molar-refractivity contribution in [1.29, 1.82) is 0 Å². The summed E-state index contributed by atoms with van der Waals surface area (Å²) in [6.07, 6.45) is 0.900. The van der Waals surface area contributed by atoms with E-state index in [0.29, 0.717) is 0 Å². The van der Waals surface area contributed by atoms with Crippen molar-refractivity contribution in [3.63, 3.8) is 0 Å². The third kappa shape index (κ3) is 5.22. The number of hydrogen-bond donors (Lipinski definition) is 2. The summed E-state index contributed by atoms with van der Waals surface area (Å²) in [6, 6.07) is 4.98. The van der Waals surface area contributed by atoms with E-state index >= 15 is 0 Å². The fourth-order valence-corrected chi connectivity index (χ4v) is 1.19. The molecule has 0 saturated carbocycles. The Morgan fingerprint density at radius 1 is 1.07 bits per heavy atom. The molecule has 1 rings (SSSR count). The molecule has 1 aromatic rings. The number of likely N-dealkylation sites (N-methyl/N-ethyl adjacent to an activating group) is 1. The van der Waals surface area contributed by atoms with Gasteiger partial charge in [-0.25, -0.2) is 0 Å². The monoisotopic (exact) mass is 323 g/mol. The Balaban J connectivity index is 0.00000196. The number of nitrogens with zero attached hydrogens (tertiary/aromatic N) is 1. The van der Waals surface area contributed by atoms with Crippen LogP contribution in [0.4, 0.5) is 0 Å². The van der Waals surface area contributed by atoms with Crippen LogP contribution >= 0.6 is 0 Å². The van der Waals surface area contributed by atoms with Crippen molar-refractivity contribution in [3.05, 3.63) is 23.8 Å². The zero-order chi connectivity index (χ0) is 10.8. The van der Waals surface area contributed by atoms with E-state index in [4.69, 9.17) is 5.11 Å². The third-order valence-corrected chi connectivity index (χ3v) is 2.11. The third-order valence-electron chi connectivity index (χ3n) is 2.11. The van der Waals surface area contributed by atoms with Gasteiger partial charge in [0.15, 0.2) is 11.5 Å². The number of benzene rings is 1. The lowest BCUT2D eigenvalue weighted by atomic mass is 10.1. The zero-order valence-corrected chi connectivity index (χ0v) is 11.5. The second kappa shape index (κ2) is 5.55. The second-order valence-electron chi connectivity index (χ2n) is 4.59. The van der Waals surface area contributed by atoms with E-state index in [2.05, 4.69) is 21.1 Å². The van der Waals surface area contributed by atoms with Gasteiger partial charge in [0, 0.05) is 6.42 Å². The van der Waals surface area contributed by atoms with Crippen LogP contribution in [0.25, 0.3) is 0 Å². The van der Waals surface area contributed by atoms with E-state index in [1.54, 1.807) is 6.07 Å². The average Bonchev–Trinajstić information content (AvgIpc) is 2.06. The van der Waals surface area contributed by atoms with Gasteiger partial charge in [-0.15, -0.1) is 0 Å². The highest BCUT2D eigenvalue weighted by molar-refractivity contribution is 5.40. The summed E-state index contributed by atoms with van der Waals surface area (Å²) in [7, 11) is 6.38. The molecular weight excluding hydrogens is 305 g/mol. The van der Waals surface area contributed by atoms with Gasteiger partial charge in [0.2, 0.25) is 0 Å². The van der Waals surface area contributed by atoms with E-state index in [-0.39, 0.29) is 35.5 Å². The number of phenols is 2. The Morgan fingerprint density at radius 2 is 1.67 bits per heavy atom. The highest BCUT2D eigenvalue weighted by Gasteiger charge is 2.08. The minimum Gasteiger partial charge on any atom is -1.00 e. The van der Waals surface area contributed by atoms with Gasteiger partial charge in [-0.3, -0.25) is 0 Å². The molecule has 0 amide bonds. The molecule has 0 heterocycles. The molecule has 0 aliphatic heterocycles. The van der Waals surface area contributed by atoms with Gasteiger partial charge >= 0.3 is 0 Å². The van der Waals surface area contributed by atoms with Crippen LogP contribution in [0.2, 0.25) is 0 Å². The van der Waals surface area contributed by atoms with Gasteiger partial charge < -0.3 is 38.7 Å². The molecule has 0 aliphatic rings. The first-order valence-corrected chi connectivity index (χ1v) is 4.70. The highest BCUT2D eigenvalue weighted by Crippen LogP contribution is 2.25. The minimum atomic E-state index is -0.0565. The van der Waals surface area contributed by atoms with E-state index < -0.39 is 0 Å². The highest BCUT2D eigenvalue weighted by atomic mass is 127. The van der Waals surface area contributed by atoms with E-state index in [9.17, 15) is 5.11 Å². The van der Waals surface area contributed by atoms with Crippen LogP contribution in [0.15, 0.2) is 18.2 Å². The van der Waals surface area contributed by atoms with Crippen LogP contribution in [-0.2, 0) is 6.42 Å². The Hall–Kier alpha value is -0.490. The number of quaternary nitrogens is 1. The van der Waals surface area contributed by atoms with Gasteiger partial charge in [-0.1, -0.05) is 6.07 Å². The maximum absolute atomic E-state index is 9.27. The molecule has 0 radical (unpaired) electrons. The number of phenolic OH excluding ortho intramolecular Hbond substituents is 2. The summed E-state index contributed by atoms with van der Waals surface area (Å²) in [5.41, 5.74) is 1.05. The Labute approximate surface area is 108 Å². The predicted octanol–water partition coefficient (Wildman–Crippen LogP) is -1.65. The number of rotatable bonds is 3. The first-order valence-electron chi connectivity index (χ1n) is 4.70. The topological polar surface area (TPSA) is 40.5 Å². The molecule has 15 heavy (non-hydrogen) atoms. The predicted molar refractivity (Wildman–Crippen MR) is 56.4 cm³/mol. The molecule has 0 aromatic heterocycles. The molecule has 0 spiro atoms. The SMILES string of the molecule is C[N+](C)(C)CCc1ccc(O)c(O)c1.[I-]. The van der Waals surface area contributed by atoms with Crippen molar-refractivity contribution in [1.82, 2.24) is 0 Å². The molecule has 0 saturated heterocycles. The van der Waals surface area contributed by atoms with Crippen LogP contribution in [0.5, 0.6) is 11.5 Å². The number of hydrogen-bond acceptors (Lipinski definition) is 2. The Kier molecular flexibility index (Phi) is 5.37. The van der Waals surface area contributed by atoms with Crippen LogP contribution in [0.1, 0.15) is 5.56 Å². The summed E-state index contributed by atoms with van der Waals surface area (Å²) in [5, 5.41) is 18.4. The van der Waals surface area contributed by atoms with Crippen molar-refractivity contribution in [2.45, 2.75) is 6.42 Å². The van der Waals surface area contributed by atoms with Crippen molar-refractivity contribution in [3.8, 4) is 11.5 Å². The molecule has 2 N–H and O–H groups in total. The summed E-state index contributed by atoms with van der Waals surface area (Å²) >= 11 is 0. The van der Waals surface area contributed by atoms with Crippen molar-refractivity contribution >= 4 is 0 Å². The van der Waals surface area contributed by atoms with Crippen LogP contribution in [-0.4, -0.2) is 42.4 Å². The number of aromatic hydroxyl groups is 2. The minimum absolute atomic E-state index is 0. The smallest absolute Gasteiger partial charge is 0.157 e. The molecule has 0 bridgehead atoms. The lowest BCUT2D eigenvalue weighted by Gasteiger charge is -2.23. The summed E-state index contributed by atoms with van der Waals surface area (Å²) in [6.45, 7) is 1.00. The Morgan fingerprint density at radius 3 is 2.13 bits per heavy atom. The molecule has 0 fully saturated rings. The largest absolute Gasteiger partial charge is 1.00 e. The van der Waals surface area contributed by atoms with Gasteiger partial charge in [0.1, 0.15) is 0 Å². The quantitative estimate of drug-likeness (QED) is 0.398. The molecule has 3 nitrogen and oxygen atoms in total. The van der Waals surface area contributed by atoms with Gasteiger partial charge in [0.05, 0.1) is 27.7 Å². The molecule has 1 aromatic carbocycles. The standard InChI is InChI=1S/C11H17NO2.HI/c1-12(2,3)7-6-9-4-5-10(13)11(14)8-9;/h4-5,8H,6-7H2,1-3H3,(H-,13,14);1H. The van der Waals surface area contributed by atoms with Crippen LogP contribution in [0, 0.1) is 0 Å². The van der Waals surface area contributed by atoms with Gasteiger partial charge in [-0.05, 0) is 17.7 Å². The van der Waals surface area contributed by atoms with Crippen molar-refractivity contribution in [2.24, 2.45) is 0 Å². The average molecular weight is 323 g/mol. The van der Waals surface area contributed by atoms with Crippen LogP contribution < -0.4 is 24.0 Å². The molecule has 0 unspecified atom stereocenters. The fraction of sp³-hybridized carbons (Fsp3) is 0.455. The first-order chi connectivity index (χ1) is 6.38. The fourth-order valence-electron chi connectivity index (χ4n) is 1.19. The van der Waals surface area contributed by atoms with E-state index in [1.807, 2.05) is 6.07 Å². The maximum Gasteiger partial charge on any atom is 0.157 e. The maximum atomic E-state index is 9.27. The van der Waals surface area contributed by atoms with Crippen LogP contribution in [0.3, 0.4) is 0 Å². The molecule has 4 heteroatoms. The Bertz CT molecular complexity index is 321. The van der Waals surface area contributed by atoms with Gasteiger partial charge in [0.25, 0.3) is 0 Å². The van der Waals surface area contributed by atoms with Crippen molar-refractivity contribution in [2.75, 3.05) is 27.7 Å². The molecule has 0 atom stereocenters. The number of halogens is 1. The molecular formula is C11H18INO2. The van der Waals surface area contributed by atoms with E-state index in [1.165, 1.54) is 6.07 Å².